The molecule has 0 bridgehead atoms. The molecule has 0 aliphatic carbocycles. The number of imidazole rings is 1. The number of anilines is 2. The molecule has 0 spiro atoms. The van der Waals surface area contributed by atoms with Crippen LogP contribution >= 0.6 is 0 Å². The first-order valence-electron chi connectivity index (χ1n) is 9.95. The molecule has 0 saturated heterocycles. The number of benzene rings is 2. The van der Waals surface area contributed by atoms with E-state index in [0.29, 0.717) is 28.6 Å². The number of ether oxygens (including phenoxy) is 3. The highest BCUT2D eigenvalue weighted by molar-refractivity contribution is 6.00. The molecular weight excluding hydrogens is 408 g/mol. The maximum Gasteiger partial charge on any atom is 0.323 e. The fourth-order valence-electron chi connectivity index (χ4n) is 3.46. The molecule has 2 heterocycles. The molecule has 0 radical (unpaired) electrons. The van der Waals surface area contributed by atoms with Gasteiger partial charge in [-0.15, -0.1) is 0 Å². The van der Waals surface area contributed by atoms with Crippen molar-refractivity contribution >= 4 is 23.1 Å². The summed E-state index contributed by atoms with van der Waals surface area (Å²) in [6, 6.07) is 14.5. The van der Waals surface area contributed by atoms with E-state index < -0.39 is 6.03 Å². The van der Waals surface area contributed by atoms with Gasteiger partial charge in [-0.3, -0.25) is 0 Å². The first-order chi connectivity index (χ1) is 15.5. The Morgan fingerprint density at radius 3 is 2.16 bits per heavy atom. The number of nitrogens with zero attached hydrogens (tertiary/aromatic N) is 2. The highest BCUT2D eigenvalue weighted by Crippen LogP contribution is 2.40. The Balaban J connectivity index is 1.48. The Bertz CT molecular complexity index is 1240. The maximum absolute atomic E-state index is 12.5. The van der Waals surface area contributed by atoms with Gasteiger partial charge in [0, 0.05) is 35.8 Å². The molecule has 2 N–H and O–H groups in total. The van der Waals surface area contributed by atoms with Crippen molar-refractivity contribution in [2.45, 2.75) is 6.92 Å². The van der Waals surface area contributed by atoms with Crippen LogP contribution in [0.4, 0.5) is 16.2 Å². The van der Waals surface area contributed by atoms with Crippen molar-refractivity contribution in [2.75, 3.05) is 32.0 Å². The minimum Gasteiger partial charge on any atom is -0.493 e. The number of methoxy groups -OCH3 is 3. The summed E-state index contributed by atoms with van der Waals surface area (Å²) in [5.41, 5.74) is 5.03. The number of hydrogen-bond donors (Lipinski definition) is 2. The van der Waals surface area contributed by atoms with E-state index in [9.17, 15) is 4.79 Å². The Morgan fingerprint density at radius 2 is 1.56 bits per heavy atom. The van der Waals surface area contributed by atoms with Crippen molar-refractivity contribution in [3.8, 4) is 28.5 Å². The van der Waals surface area contributed by atoms with Crippen LogP contribution in [0.25, 0.3) is 16.9 Å². The number of urea groups is 1. The third-order valence-electron chi connectivity index (χ3n) is 5.04. The second kappa shape index (κ2) is 8.89. The number of amides is 2. The van der Waals surface area contributed by atoms with Crippen LogP contribution in [0.2, 0.25) is 0 Å². The minimum absolute atomic E-state index is 0.393. The van der Waals surface area contributed by atoms with Crippen LogP contribution in [0.1, 0.15) is 5.56 Å². The van der Waals surface area contributed by atoms with E-state index in [-0.39, 0.29) is 0 Å². The predicted octanol–water partition coefficient (Wildman–Crippen LogP) is 4.98. The Hall–Kier alpha value is -4.20. The average Bonchev–Trinajstić information content (AvgIpc) is 3.24. The number of aromatic nitrogens is 2. The number of rotatable bonds is 6. The number of carbonyl (C=O) groups excluding carboxylic acids is 1. The van der Waals surface area contributed by atoms with Gasteiger partial charge in [-0.25, -0.2) is 9.78 Å². The Labute approximate surface area is 185 Å². The molecule has 2 aromatic carbocycles. The predicted molar refractivity (Wildman–Crippen MR) is 124 cm³/mol. The van der Waals surface area contributed by atoms with Crippen LogP contribution in [-0.4, -0.2) is 36.7 Å². The van der Waals surface area contributed by atoms with Gasteiger partial charge in [-0.2, -0.15) is 0 Å². The monoisotopic (exact) mass is 432 g/mol. The SMILES string of the molecule is COc1cc(NC(=O)Nc2ccc(-c3cn4cccc(C)c4n3)cc2)cc(OC)c1OC. The van der Waals surface area contributed by atoms with E-state index >= 15 is 0 Å². The lowest BCUT2D eigenvalue weighted by atomic mass is 10.1. The summed E-state index contributed by atoms with van der Waals surface area (Å²) in [6.45, 7) is 2.03. The molecule has 8 heteroatoms. The second-order valence-corrected chi connectivity index (χ2v) is 7.12. The maximum atomic E-state index is 12.5. The third kappa shape index (κ3) is 4.15. The van der Waals surface area contributed by atoms with E-state index in [1.165, 1.54) is 21.3 Å². The smallest absolute Gasteiger partial charge is 0.323 e. The molecule has 164 valence electrons. The molecule has 0 saturated carbocycles. The van der Waals surface area contributed by atoms with Crippen molar-refractivity contribution < 1.29 is 19.0 Å². The summed E-state index contributed by atoms with van der Waals surface area (Å²) in [5, 5.41) is 5.60. The fourth-order valence-corrected chi connectivity index (χ4v) is 3.46. The number of nitrogens with one attached hydrogen (secondary N) is 2. The van der Waals surface area contributed by atoms with Gasteiger partial charge in [0.15, 0.2) is 11.5 Å². The van der Waals surface area contributed by atoms with Crippen molar-refractivity contribution in [3.05, 3.63) is 66.5 Å². The molecule has 2 amide bonds. The number of fused-ring (bicyclic) bond motifs is 1. The van der Waals surface area contributed by atoms with Crippen LogP contribution in [-0.2, 0) is 0 Å². The average molecular weight is 432 g/mol. The van der Waals surface area contributed by atoms with Crippen LogP contribution < -0.4 is 24.8 Å². The summed E-state index contributed by atoms with van der Waals surface area (Å²) in [6.07, 6.45) is 3.96. The summed E-state index contributed by atoms with van der Waals surface area (Å²) in [5.74, 6) is 1.36. The van der Waals surface area contributed by atoms with Crippen molar-refractivity contribution in [3.63, 3.8) is 0 Å². The third-order valence-corrected chi connectivity index (χ3v) is 5.04. The van der Waals surface area contributed by atoms with E-state index in [1.54, 1.807) is 12.1 Å². The number of hydrogen-bond acceptors (Lipinski definition) is 5. The lowest BCUT2D eigenvalue weighted by Gasteiger charge is -2.15. The molecular formula is C24H24N4O4. The zero-order valence-corrected chi connectivity index (χ0v) is 18.3. The molecule has 0 atom stereocenters. The standard InChI is InChI=1S/C24H24N4O4/c1-15-6-5-11-28-14-19(27-23(15)28)16-7-9-17(10-8-16)25-24(29)26-18-12-20(30-2)22(32-4)21(13-18)31-3/h5-14H,1-4H3,(H2,25,26,29). The van der Waals surface area contributed by atoms with E-state index in [1.807, 2.05) is 60.1 Å². The first-order valence-corrected chi connectivity index (χ1v) is 9.95. The summed E-state index contributed by atoms with van der Waals surface area (Å²) >= 11 is 0. The van der Waals surface area contributed by atoms with E-state index in [4.69, 9.17) is 19.2 Å². The normalized spacial score (nSPS) is 10.6. The lowest BCUT2D eigenvalue weighted by molar-refractivity contribution is 0.262. The van der Waals surface area contributed by atoms with Gasteiger partial charge in [0.25, 0.3) is 0 Å². The van der Waals surface area contributed by atoms with Gasteiger partial charge in [-0.05, 0) is 30.7 Å². The van der Waals surface area contributed by atoms with Gasteiger partial charge < -0.3 is 29.2 Å². The molecule has 4 aromatic rings. The van der Waals surface area contributed by atoms with Crippen molar-refractivity contribution in [1.82, 2.24) is 9.38 Å². The lowest BCUT2D eigenvalue weighted by Crippen LogP contribution is -2.19. The van der Waals surface area contributed by atoms with Crippen molar-refractivity contribution in [2.24, 2.45) is 0 Å². The topological polar surface area (TPSA) is 86.1 Å². The largest absolute Gasteiger partial charge is 0.493 e. The summed E-state index contributed by atoms with van der Waals surface area (Å²) < 4.78 is 17.9. The number of pyridine rings is 1. The Kier molecular flexibility index (Phi) is 5.85. The summed E-state index contributed by atoms with van der Waals surface area (Å²) in [7, 11) is 4.57. The van der Waals surface area contributed by atoms with Crippen LogP contribution in [0.3, 0.4) is 0 Å². The zero-order chi connectivity index (χ0) is 22.7. The van der Waals surface area contributed by atoms with Gasteiger partial charge in [0.1, 0.15) is 5.65 Å². The number of carbonyl (C=O) groups is 1. The molecule has 0 fully saturated rings. The Morgan fingerprint density at radius 1 is 0.906 bits per heavy atom. The quantitative estimate of drug-likeness (QED) is 0.449. The summed E-state index contributed by atoms with van der Waals surface area (Å²) in [4.78, 5) is 17.2. The van der Waals surface area contributed by atoms with E-state index in [2.05, 4.69) is 10.6 Å². The molecule has 32 heavy (non-hydrogen) atoms. The van der Waals surface area contributed by atoms with Gasteiger partial charge >= 0.3 is 6.03 Å². The molecule has 4 rings (SSSR count). The molecule has 0 unspecified atom stereocenters. The zero-order valence-electron chi connectivity index (χ0n) is 18.3. The molecule has 2 aromatic heterocycles. The molecule has 0 aliphatic rings. The highest BCUT2D eigenvalue weighted by atomic mass is 16.5. The highest BCUT2D eigenvalue weighted by Gasteiger charge is 2.14. The minimum atomic E-state index is -0.393. The number of aryl methyl sites for hydroxylation is 1. The van der Waals surface area contributed by atoms with E-state index in [0.717, 1.165) is 22.5 Å². The fraction of sp³-hybridized carbons (Fsp3) is 0.167. The molecule has 0 aliphatic heterocycles. The van der Waals surface area contributed by atoms with Crippen LogP contribution in [0.5, 0.6) is 17.2 Å². The first kappa shape index (κ1) is 21.0. The van der Waals surface area contributed by atoms with Gasteiger partial charge in [-0.1, -0.05) is 18.2 Å². The van der Waals surface area contributed by atoms with Crippen molar-refractivity contribution in [1.29, 1.82) is 0 Å². The second-order valence-electron chi connectivity index (χ2n) is 7.12. The van der Waals surface area contributed by atoms with Crippen LogP contribution in [0, 0.1) is 6.92 Å². The van der Waals surface area contributed by atoms with Gasteiger partial charge in [0.2, 0.25) is 5.75 Å². The van der Waals surface area contributed by atoms with Gasteiger partial charge in [0.05, 0.1) is 32.7 Å². The van der Waals surface area contributed by atoms with Crippen LogP contribution in [0.15, 0.2) is 60.9 Å². The molecule has 8 nitrogen and oxygen atoms in total.